The van der Waals surface area contributed by atoms with Gasteiger partial charge in [-0.15, -0.1) is 11.8 Å². The van der Waals surface area contributed by atoms with Gasteiger partial charge >= 0.3 is 0 Å². The van der Waals surface area contributed by atoms with Gasteiger partial charge in [-0.1, -0.05) is 11.6 Å². The van der Waals surface area contributed by atoms with Crippen LogP contribution in [-0.2, 0) is 13.5 Å². The number of carbonyl (C=O) groups is 1. The van der Waals surface area contributed by atoms with Crippen LogP contribution in [0.1, 0.15) is 15.9 Å². The minimum Gasteiger partial charge on any atom is -0.352 e. The Morgan fingerprint density at radius 3 is 3.00 bits per heavy atom. The smallest absolute Gasteiger partial charge is 0.252 e. The van der Waals surface area contributed by atoms with Crippen molar-refractivity contribution in [2.24, 2.45) is 7.05 Å². The summed E-state index contributed by atoms with van der Waals surface area (Å²) in [5, 5.41) is 4.55. The lowest BCUT2D eigenvalue weighted by atomic mass is 10.1. The molecule has 0 aliphatic carbocycles. The van der Waals surface area contributed by atoms with Crippen LogP contribution in [0.5, 0.6) is 0 Å². The summed E-state index contributed by atoms with van der Waals surface area (Å²) >= 11 is 7.73. The lowest BCUT2D eigenvalue weighted by molar-refractivity contribution is 0.0954. The molecule has 0 fully saturated rings. The molecular formula is C18H18ClN3OS. The fraction of sp³-hybridized carbons (Fsp3) is 0.222. The molecule has 0 aliphatic heterocycles. The molecule has 3 rings (SSSR count). The summed E-state index contributed by atoms with van der Waals surface area (Å²) in [5.41, 5.74) is 2.64. The summed E-state index contributed by atoms with van der Waals surface area (Å²) in [4.78, 5) is 17.8. The zero-order valence-corrected chi connectivity index (χ0v) is 15.1. The van der Waals surface area contributed by atoms with E-state index < -0.39 is 0 Å². The molecule has 1 amide bonds. The van der Waals surface area contributed by atoms with E-state index in [-0.39, 0.29) is 5.91 Å². The first-order valence-electron chi connectivity index (χ1n) is 7.61. The second kappa shape index (κ2) is 7.28. The summed E-state index contributed by atoms with van der Waals surface area (Å²) in [6.45, 7) is 0.548. The van der Waals surface area contributed by atoms with Gasteiger partial charge in [-0.05, 0) is 48.6 Å². The second-order valence-corrected chi connectivity index (χ2v) is 6.78. The minimum atomic E-state index is -0.144. The number of rotatable bonds is 5. The number of halogens is 1. The number of nitrogens with one attached hydrogen (secondary N) is 1. The lowest BCUT2D eigenvalue weighted by Crippen LogP contribution is -2.26. The number of aromatic nitrogens is 2. The van der Waals surface area contributed by atoms with E-state index in [0.29, 0.717) is 17.1 Å². The zero-order chi connectivity index (χ0) is 17.1. The highest BCUT2D eigenvalue weighted by Crippen LogP contribution is 2.23. The van der Waals surface area contributed by atoms with Crippen molar-refractivity contribution in [1.29, 1.82) is 0 Å². The van der Waals surface area contributed by atoms with Gasteiger partial charge in [0, 0.05) is 36.3 Å². The molecule has 2 aromatic heterocycles. The molecule has 0 radical (unpaired) electrons. The van der Waals surface area contributed by atoms with Crippen LogP contribution in [0.3, 0.4) is 0 Å². The molecule has 0 saturated heterocycles. The van der Waals surface area contributed by atoms with Crippen molar-refractivity contribution in [2.75, 3.05) is 12.8 Å². The van der Waals surface area contributed by atoms with Crippen molar-refractivity contribution in [3.63, 3.8) is 0 Å². The summed E-state index contributed by atoms with van der Waals surface area (Å²) in [6, 6.07) is 9.48. The van der Waals surface area contributed by atoms with Gasteiger partial charge in [0.1, 0.15) is 5.65 Å². The first-order valence-corrected chi connectivity index (χ1v) is 9.21. The highest BCUT2D eigenvalue weighted by Gasteiger charge is 2.12. The Labute approximate surface area is 150 Å². The molecule has 24 heavy (non-hydrogen) atoms. The monoisotopic (exact) mass is 359 g/mol. The molecule has 0 saturated carbocycles. The Morgan fingerprint density at radius 2 is 2.21 bits per heavy atom. The van der Waals surface area contributed by atoms with Gasteiger partial charge in [-0.2, -0.15) is 0 Å². The molecule has 6 heteroatoms. The first kappa shape index (κ1) is 16.9. The van der Waals surface area contributed by atoms with E-state index in [4.69, 9.17) is 11.6 Å². The molecule has 1 aromatic carbocycles. The third-order valence-electron chi connectivity index (χ3n) is 3.91. The highest BCUT2D eigenvalue weighted by molar-refractivity contribution is 7.98. The van der Waals surface area contributed by atoms with Crippen LogP contribution in [0.15, 0.2) is 47.6 Å². The standard InChI is InChI=1S/C18H18ClN3OS/c1-22-11-12(14-4-3-8-20-17(14)22)7-9-21-18(23)15-10-13(24-2)5-6-16(15)19/h3-6,8,10-11H,7,9H2,1-2H3,(H,21,23). The maximum Gasteiger partial charge on any atom is 0.252 e. The van der Waals surface area contributed by atoms with Gasteiger partial charge in [0.25, 0.3) is 5.91 Å². The van der Waals surface area contributed by atoms with Crippen LogP contribution in [0.4, 0.5) is 0 Å². The van der Waals surface area contributed by atoms with Crippen molar-refractivity contribution >= 4 is 40.3 Å². The predicted octanol–water partition coefficient (Wildman–Crippen LogP) is 3.92. The molecular weight excluding hydrogens is 342 g/mol. The van der Waals surface area contributed by atoms with Crippen LogP contribution in [0.2, 0.25) is 5.02 Å². The van der Waals surface area contributed by atoms with E-state index in [0.717, 1.165) is 22.3 Å². The Hall–Kier alpha value is -1.98. The number of nitrogens with zero attached hydrogens (tertiary/aromatic N) is 2. The van der Waals surface area contributed by atoms with E-state index in [2.05, 4.69) is 22.6 Å². The average Bonchev–Trinajstić information content (AvgIpc) is 2.92. The summed E-state index contributed by atoms with van der Waals surface area (Å²) in [5.74, 6) is -0.144. The number of pyridine rings is 1. The van der Waals surface area contributed by atoms with Gasteiger partial charge in [0.15, 0.2) is 0 Å². The van der Waals surface area contributed by atoms with E-state index in [1.807, 2.05) is 36.1 Å². The maximum atomic E-state index is 12.4. The zero-order valence-electron chi connectivity index (χ0n) is 13.5. The molecule has 0 bridgehead atoms. The number of thioether (sulfide) groups is 1. The van der Waals surface area contributed by atoms with Crippen LogP contribution in [-0.4, -0.2) is 28.3 Å². The normalized spacial score (nSPS) is 11.0. The maximum absolute atomic E-state index is 12.4. The molecule has 0 aliphatic rings. The number of aryl methyl sites for hydroxylation is 1. The van der Waals surface area contributed by atoms with Crippen molar-refractivity contribution in [2.45, 2.75) is 11.3 Å². The Bertz CT molecular complexity index is 891. The van der Waals surface area contributed by atoms with E-state index in [1.165, 1.54) is 5.56 Å². The number of hydrogen-bond donors (Lipinski definition) is 1. The topological polar surface area (TPSA) is 46.9 Å². The van der Waals surface area contributed by atoms with Gasteiger partial charge in [-0.25, -0.2) is 4.98 Å². The number of hydrogen-bond acceptors (Lipinski definition) is 3. The van der Waals surface area contributed by atoms with Gasteiger partial charge in [-0.3, -0.25) is 4.79 Å². The quantitative estimate of drug-likeness (QED) is 0.702. The molecule has 4 nitrogen and oxygen atoms in total. The first-order chi connectivity index (χ1) is 11.6. The molecule has 1 N–H and O–H groups in total. The molecule has 0 atom stereocenters. The summed E-state index contributed by atoms with van der Waals surface area (Å²) in [6.07, 6.45) is 6.56. The minimum absolute atomic E-state index is 0.144. The number of amides is 1. The summed E-state index contributed by atoms with van der Waals surface area (Å²) in [7, 11) is 1.98. The van der Waals surface area contributed by atoms with Crippen LogP contribution in [0, 0.1) is 0 Å². The fourth-order valence-electron chi connectivity index (χ4n) is 2.70. The Kier molecular flexibility index (Phi) is 5.11. The third kappa shape index (κ3) is 3.42. The molecule has 0 unspecified atom stereocenters. The van der Waals surface area contributed by atoms with E-state index >= 15 is 0 Å². The van der Waals surface area contributed by atoms with E-state index in [9.17, 15) is 4.79 Å². The molecule has 0 spiro atoms. The van der Waals surface area contributed by atoms with E-state index in [1.54, 1.807) is 24.0 Å². The van der Waals surface area contributed by atoms with Crippen molar-refractivity contribution in [1.82, 2.24) is 14.9 Å². The van der Waals surface area contributed by atoms with Gasteiger partial charge in [0.05, 0.1) is 10.6 Å². The Balaban J connectivity index is 1.69. The van der Waals surface area contributed by atoms with Gasteiger partial charge in [0.2, 0.25) is 0 Å². The SMILES string of the molecule is CSc1ccc(Cl)c(C(=O)NCCc2cn(C)c3ncccc23)c1. The molecule has 2 heterocycles. The van der Waals surface area contributed by atoms with Crippen molar-refractivity contribution in [3.8, 4) is 0 Å². The largest absolute Gasteiger partial charge is 0.352 e. The molecule has 124 valence electrons. The van der Waals surface area contributed by atoms with Crippen LogP contribution in [0.25, 0.3) is 11.0 Å². The number of benzene rings is 1. The predicted molar refractivity (Wildman–Crippen MR) is 100.0 cm³/mol. The Morgan fingerprint density at radius 1 is 1.38 bits per heavy atom. The number of fused-ring (bicyclic) bond motifs is 1. The van der Waals surface area contributed by atoms with Crippen LogP contribution >= 0.6 is 23.4 Å². The number of carbonyl (C=O) groups excluding carboxylic acids is 1. The highest BCUT2D eigenvalue weighted by atomic mass is 35.5. The second-order valence-electron chi connectivity index (χ2n) is 5.49. The van der Waals surface area contributed by atoms with Gasteiger partial charge < -0.3 is 9.88 Å². The molecule has 3 aromatic rings. The van der Waals surface area contributed by atoms with Crippen molar-refractivity contribution < 1.29 is 4.79 Å². The lowest BCUT2D eigenvalue weighted by Gasteiger charge is -2.08. The average molecular weight is 360 g/mol. The summed E-state index contributed by atoms with van der Waals surface area (Å²) < 4.78 is 2.01. The van der Waals surface area contributed by atoms with Crippen molar-refractivity contribution in [3.05, 3.63) is 58.9 Å². The fourth-order valence-corrected chi connectivity index (χ4v) is 3.35. The van der Waals surface area contributed by atoms with Crippen LogP contribution < -0.4 is 5.32 Å². The third-order valence-corrected chi connectivity index (χ3v) is 4.97.